The molecular formula is C17H12N2O2. The maximum Gasteiger partial charge on any atom is 0.335 e. The Balaban J connectivity index is 1.97. The second-order valence-electron chi connectivity index (χ2n) is 5.02. The molecule has 2 aromatic carbocycles. The van der Waals surface area contributed by atoms with Gasteiger partial charge in [-0.25, -0.2) is 4.79 Å². The van der Waals surface area contributed by atoms with Crippen molar-refractivity contribution in [2.45, 2.75) is 0 Å². The molecule has 0 aliphatic rings. The highest BCUT2D eigenvalue weighted by atomic mass is 16.4. The lowest BCUT2D eigenvalue weighted by Crippen LogP contribution is -1.94. The third-order valence-corrected chi connectivity index (χ3v) is 3.81. The van der Waals surface area contributed by atoms with Gasteiger partial charge in [-0.05, 0) is 18.2 Å². The average molecular weight is 276 g/mol. The first-order valence-corrected chi connectivity index (χ1v) is 6.65. The Hall–Kier alpha value is -3.01. The molecule has 0 aliphatic carbocycles. The number of nitrogens with one attached hydrogen (secondary N) is 2. The predicted molar refractivity (Wildman–Crippen MR) is 82.6 cm³/mol. The van der Waals surface area contributed by atoms with E-state index in [2.05, 4.69) is 16.0 Å². The number of para-hydroxylation sites is 1. The predicted octanol–water partition coefficient (Wildman–Crippen LogP) is 4.01. The number of benzene rings is 2. The molecule has 4 heteroatoms. The lowest BCUT2D eigenvalue weighted by molar-refractivity contribution is 0.0697. The zero-order valence-corrected chi connectivity index (χ0v) is 11.1. The highest BCUT2D eigenvalue weighted by Crippen LogP contribution is 2.34. The van der Waals surface area contributed by atoms with Crippen molar-refractivity contribution < 1.29 is 9.90 Å². The Morgan fingerprint density at radius 3 is 2.29 bits per heavy atom. The van der Waals surface area contributed by atoms with Crippen LogP contribution in [0, 0.1) is 0 Å². The molecular weight excluding hydrogens is 264 g/mol. The van der Waals surface area contributed by atoms with Crippen molar-refractivity contribution in [1.82, 2.24) is 9.97 Å². The van der Waals surface area contributed by atoms with E-state index in [1.54, 1.807) is 12.1 Å². The van der Waals surface area contributed by atoms with Gasteiger partial charge in [0.1, 0.15) is 0 Å². The van der Waals surface area contributed by atoms with E-state index in [1.165, 1.54) is 0 Å². The van der Waals surface area contributed by atoms with E-state index in [9.17, 15) is 4.79 Å². The molecule has 21 heavy (non-hydrogen) atoms. The van der Waals surface area contributed by atoms with Gasteiger partial charge < -0.3 is 15.1 Å². The number of carboxylic acid groups (broad SMARTS) is 1. The van der Waals surface area contributed by atoms with Gasteiger partial charge in [-0.1, -0.05) is 24.3 Å². The van der Waals surface area contributed by atoms with Crippen molar-refractivity contribution in [3.8, 4) is 11.1 Å². The van der Waals surface area contributed by atoms with Crippen molar-refractivity contribution >= 4 is 27.8 Å². The molecule has 4 aromatic rings. The number of hydrogen-bond donors (Lipinski definition) is 3. The number of carbonyl (C=O) groups is 1. The van der Waals surface area contributed by atoms with Crippen LogP contribution in [0.25, 0.3) is 32.9 Å². The second-order valence-corrected chi connectivity index (χ2v) is 5.02. The minimum atomic E-state index is -0.917. The van der Waals surface area contributed by atoms with Gasteiger partial charge in [0.05, 0.1) is 5.56 Å². The van der Waals surface area contributed by atoms with E-state index < -0.39 is 5.97 Å². The molecule has 0 unspecified atom stereocenters. The summed E-state index contributed by atoms with van der Waals surface area (Å²) in [6.45, 7) is 0. The first kappa shape index (κ1) is 11.8. The summed E-state index contributed by atoms with van der Waals surface area (Å²) in [6, 6.07) is 13.3. The van der Waals surface area contributed by atoms with Crippen molar-refractivity contribution in [2.24, 2.45) is 0 Å². The van der Waals surface area contributed by atoms with Gasteiger partial charge in [0.15, 0.2) is 0 Å². The molecule has 0 saturated heterocycles. The fourth-order valence-corrected chi connectivity index (χ4v) is 2.78. The minimum absolute atomic E-state index is 0.287. The number of hydrogen-bond acceptors (Lipinski definition) is 1. The maximum atomic E-state index is 11.0. The quantitative estimate of drug-likeness (QED) is 0.517. The number of aromatic carboxylic acids is 1. The Morgan fingerprint density at radius 2 is 1.52 bits per heavy atom. The number of aromatic nitrogens is 2. The number of fused-ring (bicyclic) bond motifs is 2. The second kappa shape index (κ2) is 4.24. The lowest BCUT2D eigenvalue weighted by Gasteiger charge is -1.99. The third kappa shape index (κ3) is 1.73. The molecule has 2 heterocycles. The van der Waals surface area contributed by atoms with Gasteiger partial charge in [0.2, 0.25) is 0 Å². The Bertz CT molecular complexity index is 979. The molecule has 102 valence electrons. The minimum Gasteiger partial charge on any atom is -0.478 e. The summed E-state index contributed by atoms with van der Waals surface area (Å²) in [5, 5.41) is 11.2. The van der Waals surface area contributed by atoms with Gasteiger partial charge in [-0.15, -0.1) is 0 Å². The summed E-state index contributed by atoms with van der Waals surface area (Å²) in [7, 11) is 0. The van der Waals surface area contributed by atoms with Crippen LogP contribution in [0.5, 0.6) is 0 Å². The van der Waals surface area contributed by atoms with Gasteiger partial charge in [-0.3, -0.25) is 0 Å². The van der Waals surface area contributed by atoms with Crippen LogP contribution in [-0.2, 0) is 0 Å². The normalized spacial score (nSPS) is 11.2. The molecule has 4 nitrogen and oxygen atoms in total. The van der Waals surface area contributed by atoms with Crippen molar-refractivity contribution in [3.05, 3.63) is 60.4 Å². The summed E-state index contributed by atoms with van der Waals surface area (Å²) >= 11 is 0. The van der Waals surface area contributed by atoms with Crippen molar-refractivity contribution in [1.29, 1.82) is 0 Å². The molecule has 0 radical (unpaired) electrons. The summed E-state index contributed by atoms with van der Waals surface area (Å²) in [5.41, 5.74) is 4.38. The van der Waals surface area contributed by atoms with Crippen LogP contribution in [0.4, 0.5) is 0 Å². The zero-order valence-electron chi connectivity index (χ0n) is 11.1. The van der Waals surface area contributed by atoms with Gasteiger partial charge in [0.25, 0.3) is 0 Å². The molecule has 0 saturated carbocycles. The molecule has 0 aliphatic heterocycles. The van der Waals surface area contributed by atoms with Crippen LogP contribution in [0.1, 0.15) is 10.4 Å². The molecule has 4 rings (SSSR count). The van der Waals surface area contributed by atoms with Gasteiger partial charge in [0, 0.05) is 45.3 Å². The summed E-state index contributed by atoms with van der Waals surface area (Å²) in [6.07, 6.45) is 3.91. The molecule has 0 spiro atoms. The topological polar surface area (TPSA) is 68.9 Å². The van der Waals surface area contributed by atoms with E-state index in [0.717, 1.165) is 32.9 Å². The van der Waals surface area contributed by atoms with Gasteiger partial charge >= 0.3 is 5.97 Å². The molecule has 0 amide bonds. The largest absolute Gasteiger partial charge is 0.478 e. The number of aromatic amines is 2. The SMILES string of the molecule is O=C(O)c1ccc2c(-c3c[nH]c4ccccc34)c[nH]c2c1. The fraction of sp³-hybridized carbons (Fsp3) is 0. The van der Waals surface area contributed by atoms with E-state index in [1.807, 2.05) is 36.7 Å². The summed E-state index contributed by atoms with van der Waals surface area (Å²) < 4.78 is 0. The maximum absolute atomic E-state index is 11.0. The smallest absolute Gasteiger partial charge is 0.335 e. The Labute approximate surface area is 120 Å². The zero-order chi connectivity index (χ0) is 14.4. The van der Waals surface area contributed by atoms with Crippen LogP contribution in [0.15, 0.2) is 54.9 Å². The highest BCUT2D eigenvalue weighted by Gasteiger charge is 2.12. The number of H-pyrrole nitrogens is 2. The third-order valence-electron chi connectivity index (χ3n) is 3.81. The van der Waals surface area contributed by atoms with Crippen molar-refractivity contribution in [3.63, 3.8) is 0 Å². The first-order chi connectivity index (χ1) is 10.2. The highest BCUT2D eigenvalue weighted by molar-refractivity contribution is 6.06. The molecule has 0 fully saturated rings. The van der Waals surface area contributed by atoms with E-state index >= 15 is 0 Å². The average Bonchev–Trinajstić information content (AvgIpc) is 3.09. The summed E-state index contributed by atoms with van der Waals surface area (Å²) in [4.78, 5) is 17.5. The molecule has 3 N–H and O–H groups in total. The molecule has 0 atom stereocenters. The number of carboxylic acids is 1. The lowest BCUT2D eigenvalue weighted by atomic mass is 10.0. The van der Waals surface area contributed by atoms with Crippen LogP contribution in [0.2, 0.25) is 0 Å². The van der Waals surface area contributed by atoms with E-state index in [0.29, 0.717) is 0 Å². The van der Waals surface area contributed by atoms with E-state index in [4.69, 9.17) is 5.11 Å². The fourth-order valence-electron chi connectivity index (χ4n) is 2.78. The standard InChI is InChI=1S/C17H12N2O2/c20-17(21)10-5-6-12-14(9-19-16(12)7-10)13-8-18-15-4-2-1-3-11(13)15/h1-9,18-19H,(H,20,21). The summed E-state index contributed by atoms with van der Waals surface area (Å²) in [5.74, 6) is -0.917. The Kier molecular flexibility index (Phi) is 2.38. The monoisotopic (exact) mass is 276 g/mol. The number of rotatable bonds is 2. The van der Waals surface area contributed by atoms with Crippen LogP contribution < -0.4 is 0 Å². The van der Waals surface area contributed by atoms with E-state index in [-0.39, 0.29) is 5.56 Å². The first-order valence-electron chi connectivity index (χ1n) is 6.65. The van der Waals surface area contributed by atoms with Crippen molar-refractivity contribution in [2.75, 3.05) is 0 Å². The molecule has 0 bridgehead atoms. The van der Waals surface area contributed by atoms with Crippen LogP contribution in [0.3, 0.4) is 0 Å². The van der Waals surface area contributed by atoms with Crippen LogP contribution >= 0.6 is 0 Å². The molecule has 2 aromatic heterocycles. The van der Waals surface area contributed by atoms with Crippen LogP contribution in [-0.4, -0.2) is 21.0 Å². The Morgan fingerprint density at radius 1 is 0.857 bits per heavy atom. The van der Waals surface area contributed by atoms with Gasteiger partial charge in [-0.2, -0.15) is 0 Å².